The fraction of sp³-hybridized carbons (Fsp3) is 0.167. The predicted molar refractivity (Wildman–Crippen MR) is 134 cm³/mol. The summed E-state index contributed by atoms with van der Waals surface area (Å²) in [7, 11) is 0. The van der Waals surface area contributed by atoms with Crippen molar-refractivity contribution >= 4 is 56.5 Å². The zero-order valence-electron chi connectivity index (χ0n) is 17.9. The van der Waals surface area contributed by atoms with E-state index in [0.29, 0.717) is 38.2 Å². The summed E-state index contributed by atoms with van der Waals surface area (Å²) in [5.74, 6) is -0.300. The molecule has 6 nitrogen and oxygen atoms in total. The van der Waals surface area contributed by atoms with Gasteiger partial charge in [0.05, 0.1) is 28.9 Å². The van der Waals surface area contributed by atoms with Crippen molar-refractivity contribution in [3.8, 4) is 6.07 Å². The van der Waals surface area contributed by atoms with Gasteiger partial charge in [0.2, 0.25) is 5.91 Å². The third-order valence-corrected chi connectivity index (χ3v) is 7.46. The predicted octanol–water partition coefficient (Wildman–Crippen LogP) is 5.38. The highest BCUT2D eigenvalue weighted by molar-refractivity contribution is 7.99. The van der Waals surface area contributed by atoms with Crippen LogP contribution in [0.2, 0.25) is 5.02 Å². The minimum absolute atomic E-state index is 0.0213. The summed E-state index contributed by atoms with van der Waals surface area (Å²) < 4.78 is 1.62. The molecule has 2 heterocycles. The molecule has 0 aliphatic rings. The lowest BCUT2D eigenvalue weighted by atomic mass is 10.2. The van der Waals surface area contributed by atoms with Crippen molar-refractivity contribution in [3.05, 3.63) is 85.5 Å². The number of anilines is 1. The van der Waals surface area contributed by atoms with Gasteiger partial charge in [-0.2, -0.15) is 5.26 Å². The van der Waals surface area contributed by atoms with Crippen molar-refractivity contribution in [2.45, 2.75) is 25.5 Å². The van der Waals surface area contributed by atoms with E-state index in [4.69, 9.17) is 16.6 Å². The number of carbonyl (C=O) groups excluding carboxylic acids is 1. The number of halogens is 1. The number of carbonyl (C=O) groups is 1. The van der Waals surface area contributed by atoms with Crippen LogP contribution in [0.3, 0.4) is 0 Å². The second kappa shape index (κ2) is 9.79. The molecule has 4 aromatic rings. The van der Waals surface area contributed by atoms with E-state index in [1.807, 2.05) is 50.2 Å². The molecule has 33 heavy (non-hydrogen) atoms. The highest BCUT2D eigenvalue weighted by Crippen LogP contribution is 2.29. The van der Waals surface area contributed by atoms with Gasteiger partial charge in [-0.1, -0.05) is 53.7 Å². The first kappa shape index (κ1) is 23.1. The number of nitriles is 1. The Morgan fingerprint density at radius 3 is 2.73 bits per heavy atom. The lowest BCUT2D eigenvalue weighted by Crippen LogP contribution is -2.24. The molecule has 1 amide bonds. The number of amides is 1. The van der Waals surface area contributed by atoms with E-state index >= 15 is 0 Å². The number of thiophene rings is 1. The molecular formula is C24H19ClN4O2S2. The van der Waals surface area contributed by atoms with Crippen LogP contribution >= 0.6 is 34.7 Å². The molecule has 0 spiro atoms. The molecule has 0 fully saturated rings. The van der Waals surface area contributed by atoms with Crippen LogP contribution in [0.25, 0.3) is 10.2 Å². The number of hydrogen-bond acceptors (Lipinski definition) is 6. The van der Waals surface area contributed by atoms with E-state index < -0.39 is 0 Å². The van der Waals surface area contributed by atoms with Crippen LogP contribution in [-0.2, 0) is 11.3 Å². The van der Waals surface area contributed by atoms with Gasteiger partial charge in [-0.15, -0.1) is 11.3 Å². The first-order chi connectivity index (χ1) is 15.9. The van der Waals surface area contributed by atoms with Crippen LogP contribution in [0, 0.1) is 25.2 Å². The van der Waals surface area contributed by atoms with Crippen LogP contribution in [0.1, 0.15) is 21.6 Å². The van der Waals surface area contributed by atoms with Gasteiger partial charge >= 0.3 is 0 Å². The van der Waals surface area contributed by atoms with Gasteiger partial charge in [-0.25, -0.2) is 4.98 Å². The minimum Gasteiger partial charge on any atom is -0.324 e. The number of aryl methyl sites for hydroxylation is 2. The summed E-state index contributed by atoms with van der Waals surface area (Å²) in [6, 6.07) is 16.4. The normalized spacial score (nSPS) is 10.8. The van der Waals surface area contributed by atoms with E-state index in [1.165, 1.54) is 29.2 Å². The fourth-order valence-corrected chi connectivity index (χ4v) is 5.40. The van der Waals surface area contributed by atoms with Gasteiger partial charge in [0, 0.05) is 9.90 Å². The third kappa shape index (κ3) is 4.96. The first-order valence-electron chi connectivity index (χ1n) is 10.0. The monoisotopic (exact) mass is 494 g/mol. The number of thioether (sulfide) groups is 1. The molecule has 0 saturated heterocycles. The van der Waals surface area contributed by atoms with Crippen molar-refractivity contribution < 1.29 is 4.79 Å². The van der Waals surface area contributed by atoms with Crippen molar-refractivity contribution in [2.24, 2.45) is 0 Å². The Morgan fingerprint density at radius 1 is 1.24 bits per heavy atom. The van der Waals surface area contributed by atoms with Gasteiger partial charge in [-0.3, -0.25) is 14.2 Å². The maximum atomic E-state index is 13.4. The summed E-state index contributed by atoms with van der Waals surface area (Å²) in [6.07, 6.45) is 0. The molecule has 0 aliphatic carbocycles. The number of nitrogens with one attached hydrogen (secondary N) is 1. The molecule has 4 rings (SSSR count). The van der Waals surface area contributed by atoms with Crippen LogP contribution in [-0.4, -0.2) is 21.2 Å². The zero-order valence-corrected chi connectivity index (χ0v) is 20.3. The number of rotatable bonds is 6. The van der Waals surface area contributed by atoms with Gasteiger partial charge < -0.3 is 5.32 Å². The van der Waals surface area contributed by atoms with E-state index in [2.05, 4.69) is 5.32 Å². The van der Waals surface area contributed by atoms with Crippen molar-refractivity contribution in [2.75, 3.05) is 11.1 Å². The average molecular weight is 495 g/mol. The fourth-order valence-electron chi connectivity index (χ4n) is 3.36. The average Bonchev–Trinajstić information content (AvgIpc) is 3.09. The van der Waals surface area contributed by atoms with Crippen molar-refractivity contribution in [1.82, 2.24) is 9.55 Å². The summed E-state index contributed by atoms with van der Waals surface area (Å²) in [5.41, 5.74) is 2.46. The van der Waals surface area contributed by atoms with Crippen LogP contribution in [0.5, 0.6) is 0 Å². The maximum absolute atomic E-state index is 13.4. The molecule has 0 bridgehead atoms. The maximum Gasteiger partial charge on any atom is 0.263 e. The number of benzene rings is 2. The SMILES string of the molecule is Cc1sc2nc(SCC(=O)Nc3cc(Cl)ccc3C#N)n(Cc3ccccc3)c(=O)c2c1C. The Morgan fingerprint density at radius 2 is 2.00 bits per heavy atom. The Balaban J connectivity index is 1.65. The van der Waals surface area contributed by atoms with Crippen LogP contribution in [0.15, 0.2) is 58.5 Å². The molecule has 0 saturated carbocycles. The number of nitrogens with zero attached hydrogens (tertiary/aromatic N) is 3. The Bertz CT molecular complexity index is 1460. The first-order valence-corrected chi connectivity index (χ1v) is 12.2. The van der Waals surface area contributed by atoms with Gasteiger partial charge in [0.1, 0.15) is 10.9 Å². The molecule has 2 aromatic carbocycles. The lowest BCUT2D eigenvalue weighted by Gasteiger charge is -2.13. The van der Waals surface area contributed by atoms with E-state index in [0.717, 1.165) is 16.0 Å². The highest BCUT2D eigenvalue weighted by Gasteiger charge is 2.18. The molecular weight excluding hydrogens is 476 g/mol. The highest BCUT2D eigenvalue weighted by atomic mass is 35.5. The standard InChI is InChI=1S/C24H19ClN4O2S2/c1-14-15(2)33-22-21(14)23(31)29(12-16-6-4-3-5-7-16)24(28-22)32-13-20(30)27-19-10-18(25)9-8-17(19)11-26/h3-10H,12-13H2,1-2H3,(H,27,30). The number of fused-ring (bicyclic) bond motifs is 1. The number of hydrogen-bond donors (Lipinski definition) is 1. The Labute approximate surface area is 203 Å². The van der Waals surface area contributed by atoms with E-state index in [-0.39, 0.29) is 17.2 Å². The second-order valence-electron chi connectivity index (χ2n) is 7.37. The van der Waals surface area contributed by atoms with Gasteiger partial charge in [0.25, 0.3) is 5.56 Å². The largest absolute Gasteiger partial charge is 0.324 e. The summed E-state index contributed by atoms with van der Waals surface area (Å²) in [5, 5.41) is 13.5. The zero-order chi connectivity index (χ0) is 23.5. The van der Waals surface area contributed by atoms with E-state index in [9.17, 15) is 14.9 Å². The van der Waals surface area contributed by atoms with Crippen LogP contribution in [0.4, 0.5) is 5.69 Å². The lowest BCUT2D eigenvalue weighted by molar-refractivity contribution is -0.113. The molecule has 0 unspecified atom stereocenters. The molecule has 2 aromatic heterocycles. The quantitative estimate of drug-likeness (QED) is 0.287. The summed E-state index contributed by atoms with van der Waals surface area (Å²) in [4.78, 5) is 32.5. The van der Waals surface area contributed by atoms with Gasteiger partial charge in [-0.05, 0) is 43.2 Å². The van der Waals surface area contributed by atoms with Crippen molar-refractivity contribution in [1.29, 1.82) is 5.26 Å². The smallest absolute Gasteiger partial charge is 0.263 e. The van der Waals surface area contributed by atoms with Crippen molar-refractivity contribution in [3.63, 3.8) is 0 Å². The Kier molecular flexibility index (Phi) is 6.84. The number of aromatic nitrogens is 2. The summed E-state index contributed by atoms with van der Waals surface area (Å²) >= 11 is 8.67. The molecule has 166 valence electrons. The molecule has 9 heteroatoms. The molecule has 0 aliphatic heterocycles. The van der Waals surface area contributed by atoms with Crippen LogP contribution < -0.4 is 10.9 Å². The van der Waals surface area contributed by atoms with Gasteiger partial charge in [0.15, 0.2) is 5.16 Å². The minimum atomic E-state index is -0.321. The molecule has 1 N–H and O–H groups in total. The summed E-state index contributed by atoms with van der Waals surface area (Å²) in [6.45, 7) is 4.26. The Hall–Kier alpha value is -3.12. The third-order valence-electron chi connectivity index (χ3n) is 5.15. The topological polar surface area (TPSA) is 87.8 Å². The second-order valence-corrected chi connectivity index (χ2v) is 9.96. The van der Waals surface area contributed by atoms with E-state index in [1.54, 1.807) is 16.7 Å². The molecule has 0 atom stereocenters. The molecule has 0 radical (unpaired) electrons.